The molecule has 1 aromatic heterocycles. The van der Waals surface area contributed by atoms with Crippen molar-refractivity contribution in [3.8, 4) is 17.9 Å². The van der Waals surface area contributed by atoms with Crippen molar-refractivity contribution < 1.29 is 0 Å². The number of nitriles is 1. The number of nitrogens with two attached hydrogens (primary N) is 1. The largest absolute Gasteiger partial charge is 0.397 e. The second-order valence-corrected chi connectivity index (χ2v) is 1.87. The summed E-state index contributed by atoms with van der Waals surface area (Å²) in [6, 6.07) is 3.37. The second kappa shape index (κ2) is 3.24. The number of rotatable bonds is 0. The summed E-state index contributed by atoms with van der Waals surface area (Å²) >= 11 is 0. The highest BCUT2D eigenvalue weighted by molar-refractivity contribution is 5.45. The zero-order chi connectivity index (χ0) is 8.10. The molecule has 0 fully saturated rings. The molecule has 0 amide bonds. The average Bonchev–Trinajstić information content (AvgIpc) is 2.01. The van der Waals surface area contributed by atoms with Crippen molar-refractivity contribution in [2.24, 2.45) is 0 Å². The smallest absolute Gasteiger partial charge is 0.152 e. The fourth-order valence-corrected chi connectivity index (χ4v) is 0.626. The van der Waals surface area contributed by atoms with Crippen LogP contribution in [0.3, 0.4) is 0 Å². The number of anilines is 1. The van der Waals surface area contributed by atoms with E-state index < -0.39 is 0 Å². The van der Waals surface area contributed by atoms with Crippen molar-refractivity contribution >= 4 is 5.69 Å². The fraction of sp³-hybridized carbons (Fsp3) is 0. The lowest BCUT2D eigenvalue weighted by Gasteiger charge is -1.90. The molecule has 11 heavy (non-hydrogen) atoms. The van der Waals surface area contributed by atoms with Gasteiger partial charge in [-0.3, -0.25) is 4.98 Å². The summed E-state index contributed by atoms with van der Waals surface area (Å²) in [7, 11) is 0. The van der Waals surface area contributed by atoms with Gasteiger partial charge in [0.25, 0.3) is 0 Å². The summed E-state index contributed by atoms with van der Waals surface area (Å²) in [6.07, 6.45) is 3.08. The summed E-state index contributed by atoms with van der Waals surface area (Å²) in [5.41, 5.74) is 6.63. The van der Waals surface area contributed by atoms with Crippen LogP contribution in [0.15, 0.2) is 18.5 Å². The Morgan fingerprint density at radius 3 is 2.91 bits per heavy atom. The Labute approximate surface area is 64.5 Å². The zero-order valence-electron chi connectivity index (χ0n) is 5.70. The predicted octanol–water partition coefficient (Wildman–Crippen LogP) is 0.539. The molecule has 3 nitrogen and oxygen atoms in total. The summed E-state index contributed by atoms with van der Waals surface area (Å²) in [5.74, 6) is 4.83. The first-order valence-corrected chi connectivity index (χ1v) is 2.93. The van der Waals surface area contributed by atoms with E-state index in [9.17, 15) is 0 Å². The molecule has 0 saturated carbocycles. The Morgan fingerprint density at radius 1 is 1.45 bits per heavy atom. The van der Waals surface area contributed by atoms with E-state index in [1.165, 1.54) is 6.20 Å². The van der Waals surface area contributed by atoms with Crippen molar-refractivity contribution in [3.63, 3.8) is 0 Å². The first kappa shape index (κ1) is 7.11. The lowest BCUT2D eigenvalue weighted by molar-refractivity contribution is 1.32. The van der Waals surface area contributed by atoms with Crippen LogP contribution >= 0.6 is 0 Å². The van der Waals surface area contributed by atoms with Crippen LogP contribution in [0.1, 0.15) is 5.56 Å². The van der Waals surface area contributed by atoms with Crippen LogP contribution in [-0.2, 0) is 0 Å². The molecule has 3 heteroatoms. The average molecular weight is 143 g/mol. The van der Waals surface area contributed by atoms with E-state index in [0.717, 1.165) is 0 Å². The number of hydrogen-bond donors (Lipinski definition) is 1. The van der Waals surface area contributed by atoms with Gasteiger partial charge in [-0.15, -0.1) is 0 Å². The van der Waals surface area contributed by atoms with Gasteiger partial charge < -0.3 is 5.73 Å². The number of nitrogen functional groups attached to an aromatic ring is 1. The minimum absolute atomic E-state index is 0.551. The predicted molar refractivity (Wildman–Crippen MR) is 41.1 cm³/mol. The van der Waals surface area contributed by atoms with Crippen LogP contribution in [0.2, 0.25) is 0 Å². The molecule has 0 atom stereocenters. The third kappa shape index (κ3) is 2.00. The zero-order valence-corrected chi connectivity index (χ0v) is 5.70. The van der Waals surface area contributed by atoms with Crippen LogP contribution in [0.4, 0.5) is 5.69 Å². The van der Waals surface area contributed by atoms with Crippen molar-refractivity contribution in [1.29, 1.82) is 5.26 Å². The van der Waals surface area contributed by atoms with Crippen LogP contribution in [0, 0.1) is 23.2 Å². The third-order valence-electron chi connectivity index (χ3n) is 1.02. The van der Waals surface area contributed by atoms with E-state index in [1.807, 2.05) is 0 Å². The lowest BCUT2D eigenvalue weighted by atomic mass is 10.3. The number of nitrogens with zero attached hydrogens (tertiary/aromatic N) is 2. The van der Waals surface area contributed by atoms with Gasteiger partial charge in [0, 0.05) is 23.9 Å². The SMILES string of the molecule is N#CC#Cc1cncc(N)c1. The molecule has 0 aromatic carbocycles. The van der Waals surface area contributed by atoms with Gasteiger partial charge in [0.1, 0.15) is 0 Å². The van der Waals surface area contributed by atoms with Gasteiger partial charge in [0.15, 0.2) is 6.07 Å². The van der Waals surface area contributed by atoms with Gasteiger partial charge in [-0.1, -0.05) is 0 Å². The van der Waals surface area contributed by atoms with Gasteiger partial charge in [0.05, 0.1) is 5.69 Å². The Kier molecular flexibility index (Phi) is 2.09. The minimum Gasteiger partial charge on any atom is -0.397 e. The van der Waals surface area contributed by atoms with Gasteiger partial charge in [-0.05, 0) is 12.0 Å². The maximum atomic E-state index is 8.12. The Bertz CT molecular complexity index is 352. The van der Waals surface area contributed by atoms with Crippen molar-refractivity contribution in [3.05, 3.63) is 24.0 Å². The van der Waals surface area contributed by atoms with E-state index in [2.05, 4.69) is 16.8 Å². The maximum absolute atomic E-state index is 8.12. The van der Waals surface area contributed by atoms with Gasteiger partial charge in [-0.25, -0.2) is 0 Å². The van der Waals surface area contributed by atoms with Crippen LogP contribution in [-0.4, -0.2) is 4.98 Å². The maximum Gasteiger partial charge on any atom is 0.152 e. The summed E-state index contributed by atoms with van der Waals surface area (Å²) in [5, 5.41) is 8.12. The molecule has 0 aliphatic heterocycles. The number of hydrogen-bond acceptors (Lipinski definition) is 3. The Balaban J connectivity index is 2.99. The lowest BCUT2D eigenvalue weighted by Crippen LogP contribution is -1.86. The van der Waals surface area contributed by atoms with E-state index in [0.29, 0.717) is 11.3 Å². The Hall–Kier alpha value is -2.00. The molecule has 52 valence electrons. The normalized spacial score (nSPS) is 7.55. The van der Waals surface area contributed by atoms with Gasteiger partial charge in [0.2, 0.25) is 0 Å². The van der Waals surface area contributed by atoms with Crippen LogP contribution in [0.25, 0.3) is 0 Å². The molecule has 0 aliphatic rings. The highest BCUT2D eigenvalue weighted by atomic mass is 14.7. The van der Waals surface area contributed by atoms with Gasteiger partial charge >= 0.3 is 0 Å². The van der Waals surface area contributed by atoms with E-state index in [1.54, 1.807) is 18.3 Å². The molecule has 0 aliphatic carbocycles. The molecule has 0 bridgehead atoms. The summed E-state index contributed by atoms with van der Waals surface area (Å²) in [6.45, 7) is 0. The van der Waals surface area contributed by atoms with Crippen LogP contribution < -0.4 is 5.73 Å². The Morgan fingerprint density at radius 2 is 2.27 bits per heavy atom. The first-order valence-electron chi connectivity index (χ1n) is 2.93. The highest BCUT2D eigenvalue weighted by Crippen LogP contribution is 2.00. The molecular formula is C8H5N3. The molecule has 1 heterocycles. The molecule has 0 unspecified atom stereocenters. The van der Waals surface area contributed by atoms with E-state index in [4.69, 9.17) is 11.0 Å². The summed E-state index contributed by atoms with van der Waals surface area (Å²) in [4.78, 5) is 3.80. The third-order valence-corrected chi connectivity index (χ3v) is 1.02. The molecule has 0 saturated heterocycles. The molecule has 1 aromatic rings. The van der Waals surface area contributed by atoms with Crippen molar-refractivity contribution in [1.82, 2.24) is 4.98 Å². The standard InChI is InChI=1S/C8H5N3/c9-3-1-2-7-4-8(10)6-11-5-7/h4-6H,10H2. The molecule has 0 radical (unpaired) electrons. The van der Waals surface area contributed by atoms with Crippen molar-refractivity contribution in [2.45, 2.75) is 0 Å². The second-order valence-electron chi connectivity index (χ2n) is 1.87. The minimum atomic E-state index is 0.551. The first-order chi connectivity index (χ1) is 5.33. The van der Waals surface area contributed by atoms with Gasteiger partial charge in [-0.2, -0.15) is 5.26 Å². The summed E-state index contributed by atoms with van der Waals surface area (Å²) < 4.78 is 0. The van der Waals surface area contributed by atoms with Crippen LogP contribution in [0.5, 0.6) is 0 Å². The quantitative estimate of drug-likeness (QED) is 0.539. The molecule has 0 spiro atoms. The number of pyridine rings is 1. The number of aromatic nitrogens is 1. The van der Waals surface area contributed by atoms with E-state index in [-0.39, 0.29) is 0 Å². The molecular weight excluding hydrogens is 138 g/mol. The van der Waals surface area contributed by atoms with Crippen molar-refractivity contribution in [2.75, 3.05) is 5.73 Å². The topological polar surface area (TPSA) is 62.7 Å². The van der Waals surface area contributed by atoms with E-state index >= 15 is 0 Å². The monoisotopic (exact) mass is 143 g/mol. The molecule has 1 rings (SSSR count). The molecule has 2 N–H and O–H groups in total. The highest BCUT2D eigenvalue weighted by Gasteiger charge is 1.86. The fourth-order valence-electron chi connectivity index (χ4n) is 0.626.